The molecule has 0 fully saturated rings. The maximum Gasteiger partial charge on any atom is 0.407 e. The van der Waals surface area contributed by atoms with Crippen molar-refractivity contribution in [1.29, 1.82) is 0 Å². The molecule has 0 aromatic carbocycles. The Hall–Kier alpha value is -2.17. The average molecular weight is 509 g/mol. The smallest absolute Gasteiger partial charge is 0.407 e. The zero-order chi connectivity index (χ0) is 21.4. The summed E-state index contributed by atoms with van der Waals surface area (Å²) in [5.41, 5.74) is 0.857. The molecule has 0 aliphatic carbocycles. The topological polar surface area (TPSA) is 87.3 Å². The van der Waals surface area contributed by atoms with Gasteiger partial charge in [0.15, 0.2) is 0 Å². The molecule has 158 valence electrons. The highest BCUT2D eigenvalue weighted by atomic mass is 79.9. The van der Waals surface area contributed by atoms with Gasteiger partial charge in [0.05, 0.1) is 21.5 Å². The van der Waals surface area contributed by atoms with Gasteiger partial charge < -0.3 is 19.9 Å². The summed E-state index contributed by atoms with van der Waals surface area (Å²) < 4.78 is 8.23. The van der Waals surface area contributed by atoms with Gasteiger partial charge in [-0.05, 0) is 34.0 Å². The largest absolute Gasteiger partial charge is 0.453 e. The summed E-state index contributed by atoms with van der Waals surface area (Å²) in [7, 11) is 1.29. The van der Waals surface area contributed by atoms with Gasteiger partial charge in [-0.1, -0.05) is 26.0 Å². The summed E-state index contributed by atoms with van der Waals surface area (Å²) in [6.45, 7) is 4.25. The number of halogens is 1. The summed E-state index contributed by atoms with van der Waals surface area (Å²) in [4.78, 5) is 35.7. The van der Waals surface area contributed by atoms with E-state index in [9.17, 15) is 9.59 Å². The Morgan fingerprint density at radius 2 is 2.10 bits per heavy atom. The fraction of sp³-hybridized carbons (Fsp3) is 0.350. The zero-order valence-corrected chi connectivity index (χ0v) is 19.9. The van der Waals surface area contributed by atoms with Crippen molar-refractivity contribution in [3.05, 3.63) is 40.1 Å². The summed E-state index contributed by atoms with van der Waals surface area (Å²) in [5.74, 6) is 0.457. The van der Waals surface area contributed by atoms with Crippen LogP contribution in [-0.2, 0) is 9.53 Å². The molecule has 0 spiro atoms. The molecular formula is C20H21BrN4O3S2. The third-order valence-corrected chi connectivity index (χ3v) is 7.76. The van der Waals surface area contributed by atoms with Crippen molar-refractivity contribution in [3.8, 4) is 10.6 Å². The number of hydrogen-bond donors (Lipinski definition) is 2. The molecule has 1 aliphatic heterocycles. The number of nitrogens with one attached hydrogen (secondary N) is 2. The van der Waals surface area contributed by atoms with Crippen LogP contribution in [0.4, 0.5) is 4.79 Å². The van der Waals surface area contributed by atoms with Crippen LogP contribution in [0.25, 0.3) is 20.0 Å². The zero-order valence-electron chi connectivity index (χ0n) is 16.6. The quantitative estimate of drug-likeness (QED) is 0.478. The van der Waals surface area contributed by atoms with Gasteiger partial charge in [0, 0.05) is 22.1 Å². The highest BCUT2D eigenvalue weighted by Crippen LogP contribution is 2.40. The van der Waals surface area contributed by atoms with E-state index in [1.807, 2.05) is 32.2 Å². The molecule has 0 bridgehead atoms. The van der Waals surface area contributed by atoms with E-state index in [1.54, 1.807) is 27.6 Å². The Morgan fingerprint density at radius 3 is 2.80 bits per heavy atom. The lowest BCUT2D eigenvalue weighted by Gasteiger charge is -2.29. The van der Waals surface area contributed by atoms with Gasteiger partial charge in [-0.2, -0.15) is 0 Å². The van der Waals surface area contributed by atoms with Crippen LogP contribution in [0.15, 0.2) is 34.3 Å². The molecule has 2 N–H and O–H groups in total. The standard InChI is InChI=1S/C20H21BrN4O3S2/c1-10(2)17(24-20(27)28-3)19(26)25-6-4-5-12(25)18-22-9-11(23-18)13-7-14-15(29-13)8-16(21)30-14/h4-5,7-10,12,17H,6H2,1-3H3,(H,22,23)(H,24,27)/t12-,17?/m0/s1. The number of carbonyl (C=O) groups excluding carboxylic acids is 2. The van der Waals surface area contributed by atoms with Crippen LogP contribution in [-0.4, -0.2) is 46.6 Å². The normalized spacial score (nSPS) is 17.1. The third-order valence-electron chi connectivity index (χ3n) is 4.94. The summed E-state index contributed by atoms with van der Waals surface area (Å²) in [6, 6.07) is 3.28. The van der Waals surface area contributed by atoms with Crippen LogP contribution >= 0.6 is 38.6 Å². The molecule has 2 amide bonds. The van der Waals surface area contributed by atoms with Crippen LogP contribution in [0.3, 0.4) is 0 Å². The van der Waals surface area contributed by atoms with Crippen molar-refractivity contribution in [1.82, 2.24) is 20.2 Å². The Morgan fingerprint density at radius 1 is 1.33 bits per heavy atom. The highest BCUT2D eigenvalue weighted by Gasteiger charge is 2.35. The number of fused-ring (bicyclic) bond motifs is 1. The van der Waals surface area contributed by atoms with Gasteiger partial charge in [0.1, 0.15) is 17.9 Å². The maximum absolute atomic E-state index is 13.2. The minimum Gasteiger partial charge on any atom is -0.453 e. The highest BCUT2D eigenvalue weighted by molar-refractivity contribution is 9.11. The molecule has 7 nitrogen and oxygen atoms in total. The first kappa shape index (κ1) is 21.1. The van der Waals surface area contributed by atoms with Crippen molar-refractivity contribution in [2.24, 2.45) is 5.92 Å². The van der Waals surface area contributed by atoms with Crippen LogP contribution in [0.5, 0.6) is 0 Å². The maximum atomic E-state index is 13.2. The van der Waals surface area contributed by atoms with E-state index in [1.165, 1.54) is 16.5 Å². The van der Waals surface area contributed by atoms with Crippen molar-refractivity contribution in [2.45, 2.75) is 25.9 Å². The molecule has 0 radical (unpaired) electrons. The first-order valence-corrected chi connectivity index (χ1v) is 11.9. The average Bonchev–Trinajstić information content (AvgIpc) is 3.46. The molecular weight excluding hydrogens is 488 g/mol. The minimum atomic E-state index is -0.670. The van der Waals surface area contributed by atoms with Gasteiger partial charge in [0.25, 0.3) is 0 Å². The lowest BCUT2D eigenvalue weighted by atomic mass is 10.0. The van der Waals surface area contributed by atoms with Gasteiger partial charge in [-0.15, -0.1) is 22.7 Å². The van der Waals surface area contributed by atoms with E-state index in [-0.39, 0.29) is 17.9 Å². The first-order chi connectivity index (χ1) is 14.4. The Balaban J connectivity index is 1.55. The molecule has 4 rings (SSSR count). The van der Waals surface area contributed by atoms with Crippen LogP contribution in [0.1, 0.15) is 25.7 Å². The Bertz CT molecular complexity index is 1090. The Labute approximate surface area is 190 Å². The Kier molecular flexibility index (Phi) is 5.99. The number of hydrogen-bond acceptors (Lipinski definition) is 6. The molecule has 1 unspecified atom stereocenters. The lowest BCUT2D eigenvalue weighted by molar-refractivity contribution is -0.135. The van der Waals surface area contributed by atoms with Crippen LogP contribution in [0, 0.1) is 5.92 Å². The molecule has 0 saturated carbocycles. The predicted octanol–water partition coefficient (Wildman–Crippen LogP) is 4.94. The molecule has 10 heteroatoms. The predicted molar refractivity (Wildman–Crippen MR) is 123 cm³/mol. The van der Waals surface area contributed by atoms with Crippen molar-refractivity contribution >= 4 is 60.0 Å². The molecule has 30 heavy (non-hydrogen) atoms. The minimum absolute atomic E-state index is 0.0802. The fourth-order valence-electron chi connectivity index (χ4n) is 3.41. The monoisotopic (exact) mass is 508 g/mol. The second kappa shape index (κ2) is 8.52. The molecule has 0 saturated heterocycles. The first-order valence-electron chi connectivity index (χ1n) is 9.43. The number of aromatic amines is 1. The van der Waals surface area contributed by atoms with Gasteiger partial charge in [-0.25, -0.2) is 9.78 Å². The third kappa shape index (κ3) is 4.03. The number of H-pyrrole nitrogens is 1. The number of amides is 2. The fourth-order valence-corrected chi connectivity index (χ4v) is 6.40. The number of thiophene rings is 2. The second-order valence-corrected chi connectivity index (χ2v) is 10.8. The van der Waals surface area contributed by atoms with Crippen molar-refractivity contribution in [3.63, 3.8) is 0 Å². The number of alkyl carbamates (subject to hydrolysis) is 1. The van der Waals surface area contributed by atoms with Crippen LogP contribution < -0.4 is 5.32 Å². The summed E-state index contributed by atoms with van der Waals surface area (Å²) in [6.07, 6.45) is 5.16. The number of aromatic nitrogens is 2. The van der Waals surface area contributed by atoms with E-state index in [0.29, 0.717) is 12.4 Å². The number of methoxy groups -OCH3 is 1. The van der Waals surface area contributed by atoms with Crippen molar-refractivity contribution < 1.29 is 14.3 Å². The summed E-state index contributed by atoms with van der Waals surface area (Å²) in [5, 5.41) is 2.65. The molecule has 1 aliphatic rings. The number of nitrogens with zero attached hydrogens (tertiary/aromatic N) is 2. The van der Waals surface area contributed by atoms with Gasteiger partial charge in [-0.3, -0.25) is 4.79 Å². The lowest BCUT2D eigenvalue weighted by Crippen LogP contribution is -2.51. The second-order valence-electron chi connectivity index (χ2n) is 7.28. The molecule has 3 aromatic rings. The van der Waals surface area contributed by atoms with Crippen LogP contribution in [0.2, 0.25) is 0 Å². The van der Waals surface area contributed by atoms with E-state index in [2.05, 4.69) is 43.1 Å². The summed E-state index contributed by atoms with van der Waals surface area (Å²) >= 11 is 6.91. The number of ether oxygens (including phenoxy) is 1. The van der Waals surface area contributed by atoms with E-state index < -0.39 is 12.1 Å². The molecule has 4 heterocycles. The number of imidazole rings is 1. The van der Waals surface area contributed by atoms with E-state index in [0.717, 1.165) is 14.4 Å². The number of rotatable bonds is 5. The van der Waals surface area contributed by atoms with E-state index >= 15 is 0 Å². The molecule has 3 aromatic heterocycles. The van der Waals surface area contributed by atoms with Gasteiger partial charge >= 0.3 is 6.09 Å². The SMILES string of the molecule is COC(=O)NC(C(=O)N1CC=C[C@H]1c1nc(-c2cc3sc(Br)cc3s2)c[nH]1)C(C)C. The van der Waals surface area contributed by atoms with Gasteiger partial charge in [0.2, 0.25) is 5.91 Å². The van der Waals surface area contributed by atoms with E-state index in [4.69, 9.17) is 4.98 Å². The number of carbonyl (C=O) groups is 2. The van der Waals surface area contributed by atoms with Crippen molar-refractivity contribution in [2.75, 3.05) is 13.7 Å². The molecule has 2 atom stereocenters.